The highest BCUT2D eigenvalue weighted by Gasteiger charge is 2.41. The zero-order valence-electron chi connectivity index (χ0n) is 15.3. The molecule has 6 nitrogen and oxygen atoms in total. The predicted molar refractivity (Wildman–Crippen MR) is 104 cm³/mol. The minimum absolute atomic E-state index is 0.00460. The van der Waals surface area contributed by atoms with Crippen molar-refractivity contribution in [1.29, 1.82) is 0 Å². The second-order valence-electron chi connectivity index (χ2n) is 6.97. The Balaban J connectivity index is 1.54. The number of halogens is 1. The summed E-state index contributed by atoms with van der Waals surface area (Å²) in [4.78, 5) is 26.2. The Bertz CT molecular complexity index is 814. The van der Waals surface area contributed by atoms with Crippen LogP contribution in [0.3, 0.4) is 0 Å². The van der Waals surface area contributed by atoms with Gasteiger partial charge >= 0.3 is 0 Å². The molecule has 2 aliphatic rings. The number of fused-ring (bicyclic) bond motifs is 1. The number of carbonyl (C=O) groups is 1. The lowest BCUT2D eigenvalue weighted by molar-refractivity contribution is 0.0707. The molecular formula is C20H23ClN4O2. The molecule has 2 aromatic rings. The number of hydrogen-bond acceptors (Lipinski definition) is 5. The Kier molecular flexibility index (Phi) is 5.16. The maximum Gasteiger partial charge on any atom is 0.259 e. The van der Waals surface area contributed by atoms with Crippen molar-refractivity contribution >= 4 is 23.3 Å². The molecule has 0 N–H and O–H groups in total. The molecular weight excluding hydrogens is 364 g/mol. The van der Waals surface area contributed by atoms with Crippen molar-refractivity contribution in [1.82, 2.24) is 14.9 Å². The third-order valence-electron chi connectivity index (χ3n) is 5.44. The molecule has 4 heterocycles. The summed E-state index contributed by atoms with van der Waals surface area (Å²) in [5, 5.41) is 0.631. The van der Waals surface area contributed by atoms with Crippen molar-refractivity contribution in [2.24, 2.45) is 5.92 Å². The zero-order valence-corrected chi connectivity index (χ0v) is 16.1. The number of ether oxygens (including phenoxy) is 1. The van der Waals surface area contributed by atoms with Crippen LogP contribution in [0.5, 0.6) is 5.88 Å². The van der Waals surface area contributed by atoms with Crippen LogP contribution in [-0.4, -0.2) is 53.1 Å². The van der Waals surface area contributed by atoms with Crippen molar-refractivity contribution in [3.63, 3.8) is 0 Å². The van der Waals surface area contributed by atoms with Crippen LogP contribution in [0, 0.1) is 5.92 Å². The second kappa shape index (κ2) is 7.72. The molecule has 0 radical (unpaired) electrons. The molecule has 2 aliphatic heterocycles. The number of pyridine rings is 2. The third kappa shape index (κ3) is 3.58. The number of amides is 1. The van der Waals surface area contributed by atoms with Crippen LogP contribution in [-0.2, 0) is 0 Å². The summed E-state index contributed by atoms with van der Waals surface area (Å²) in [5.74, 6) is 1.86. The van der Waals surface area contributed by atoms with Gasteiger partial charge in [-0.3, -0.25) is 4.79 Å². The Morgan fingerprint density at radius 1 is 1.26 bits per heavy atom. The molecule has 0 aliphatic carbocycles. The van der Waals surface area contributed by atoms with Gasteiger partial charge in [-0.2, -0.15) is 0 Å². The maximum absolute atomic E-state index is 13.2. The van der Waals surface area contributed by atoms with Gasteiger partial charge in [-0.05, 0) is 49.9 Å². The van der Waals surface area contributed by atoms with Gasteiger partial charge in [0.2, 0.25) is 5.88 Å². The van der Waals surface area contributed by atoms with Crippen molar-refractivity contribution in [2.75, 3.05) is 31.1 Å². The van der Waals surface area contributed by atoms with E-state index in [2.05, 4.69) is 14.9 Å². The molecule has 0 bridgehead atoms. The summed E-state index contributed by atoms with van der Waals surface area (Å²) < 4.78 is 5.56. The molecule has 4 rings (SSSR count). The van der Waals surface area contributed by atoms with Crippen molar-refractivity contribution in [3.8, 4) is 5.88 Å². The van der Waals surface area contributed by atoms with E-state index in [4.69, 9.17) is 16.3 Å². The molecule has 0 aromatic carbocycles. The highest BCUT2D eigenvalue weighted by Crippen LogP contribution is 2.35. The van der Waals surface area contributed by atoms with Gasteiger partial charge in [0, 0.05) is 32.0 Å². The first kappa shape index (κ1) is 18.0. The van der Waals surface area contributed by atoms with Crippen LogP contribution >= 0.6 is 11.6 Å². The van der Waals surface area contributed by atoms with E-state index in [9.17, 15) is 4.79 Å². The molecule has 0 spiro atoms. The number of aromatic nitrogens is 2. The van der Waals surface area contributed by atoms with Crippen LogP contribution in [0.2, 0.25) is 5.02 Å². The number of hydrogen-bond donors (Lipinski definition) is 0. The van der Waals surface area contributed by atoms with E-state index >= 15 is 0 Å². The largest absolute Gasteiger partial charge is 0.477 e. The minimum Gasteiger partial charge on any atom is -0.477 e. The minimum atomic E-state index is 0.00460. The molecule has 0 saturated carbocycles. The first-order valence-electron chi connectivity index (χ1n) is 9.42. The van der Waals surface area contributed by atoms with Gasteiger partial charge in [0.15, 0.2) is 0 Å². The van der Waals surface area contributed by atoms with Crippen LogP contribution in [0.25, 0.3) is 0 Å². The average molecular weight is 387 g/mol. The molecule has 2 unspecified atom stereocenters. The summed E-state index contributed by atoms with van der Waals surface area (Å²) in [5.41, 5.74) is 0.543. The number of rotatable bonds is 4. The normalized spacial score (nSPS) is 21.9. The van der Waals surface area contributed by atoms with Gasteiger partial charge in [-0.25, -0.2) is 9.97 Å². The van der Waals surface area contributed by atoms with E-state index in [0.29, 0.717) is 29.0 Å². The first-order chi connectivity index (χ1) is 13.2. The van der Waals surface area contributed by atoms with Gasteiger partial charge in [-0.15, -0.1) is 0 Å². The van der Waals surface area contributed by atoms with E-state index < -0.39 is 0 Å². The Hall–Kier alpha value is -2.34. The lowest BCUT2D eigenvalue weighted by Crippen LogP contribution is -2.50. The first-order valence-corrected chi connectivity index (χ1v) is 9.80. The van der Waals surface area contributed by atoms with Gasteiger partial charge in [0.25, 0.3) is 5.91 Å². The quantitative estimate of drug-likeness (QED) is 0.807. The Morgan fingerprint density at radius 2 is 2.11 bits per heavy atom. The van der Waals surface area contributed by atoms with Crippen LogP contribution in [0.4, 0.5) is 5.82 Å². The molecule has 7 heteroatoms. The van der Waals surface area contributed by atoms with Crippen LogP contribution in [0.1, 0.15) is 30.1 Å². The van der Waals surface area contributed by atoms with Gasteiger partial charge < -0.3 is 14.5 Å². The summed E-state index contributed by atoms with van der Waals surface area (Å²) >= 11 is 5.96. The summed E-state index contributed by atoms with van der Waals surface area (Å²) in [6.07, 6.45) is 5.43. The summed E-state index contributed by atoms with van der Waals surface area (Å²) in [7, 11) is 0. The number of likely N-dealkylation sites (tertiary alicyclic amines) is 1. The fourth-order valence-corrected chi connectivity index (χ4v) is 4.23. The van der Waals surface area contributed by atoms with E-state index in [-0.39, 0.29) is 11.9 Å². The maximum atomic E-state index is 13.2. The Morgan fingerprint density at radius 3 is 2.89 bits per heavy atom. The zero-order chi connectivity index (χ0) is 18.8. The lowest BCUT2D eigenvalue weighted by atomic mass is 9.92. The molecule has 2 fully saturated rings. The third-order valence-corrected chi connectivity index (χ3v) is 5.67. The van der Waals surface area contributed by atoms with E-state index in [1.165, 1.54) is 0 Å². The molecule has 27 heavy (non-hydrogen) atoms. The summed E-state index contributed by atoms with van der Waals surface area (Å²) in [6.45, 7) is 4.90. The SMILES string of the molecule is CCOc1ncccc1C(=O)N1CCC2CCN(c3ccc(Cl)cn3)CC21. The highest BCUT2D eigenvalue weighted by molar-refractivity contribution is 6.30. The monoisotopic (exact) mass is 386 g/mol. The molecule has 1 amide bonds. The topological polar surface area (TPSA) is 58.6 Å². The second-order valence-corrected chi connectivity index (χ2v) is 7.41. The van der Waals surface area contributed by atoms with Gasteiger partial charge in [0.05, 0.1) is 17.7 Å². The smallest absolute Gasteiger partial charge is 0.259 e. The fourth-order valence-electron chi connectivity index (χ4n) is 4.12. The van der Waals surface area contributed by atoms with Gasteiger partial charge in [0.1, 0.15) is 11.4 Å². The number of carbonyl (C=O) groups excluding carboxylic acids is 1. The lowest BCUT2D eigenvalue weighted by Gasteiger charge is -2.39. The standard InChI is InChI=1S/C20H23ClN4O2/c1-2-27-19-16(4-3-9-22-19)20(26)25-11-8-14-7-10-24(13-17(14)25)18-6-5-15(21)12-23-18/h3-6,9,12,14,17H,2,7-8,10-11,13H2,1H3. The predicted octanol–water partition coefficient (Wildman–Crippen LogP) is 3.27. The molecule has 2 aromatic heterocycles. The van der Waals surface area contributed by atoms with E-state index in [1.54, 1.807) is 24.5 Å². The van der Waals surface area contributed by atoms with Crippen LogP contribution < -0.4 is 9.64 Å². The van der Waals surface area contributed by atoms with E-state index in [1.807, 2.05) is 24.0 Å². The fraction of sp³-hybridized carbons (Fsp3) is 0.450. The molecule has 2 atom stereocenters. The van der Waals surface area contributed by atoms with Crippen molar-refractivity contribution in [2.45, 2.75) is 25.8 Å². The van der Waals surface area contributed by atoms with Gasteiger partial charge in [-0.1, -0.05) is 11.6 Å². The molecule has 2 saturated heterocycles. The summed E-state index contributed by atoms with van der Waals surface area (Å²) in [6, 6.07) is 7.57. The Labute approximate surface area is 164 Å². The van der Waals surface area contributed by atoms with Crippen molar-refractivity contribution in [3.05, 3.63) is 47.2 Å². The number of anilines is 1. The van der Waals surface area contributed by atoms with Crippen molar-refractivity contribution < 1.29 is 9.53 Å². The highest BCUT2D eigenvalue weighted by atomic mass is 35.5. The number of piperidine rings is 1. The number of nitrogens with zero attached hydrogens (tertiary/aromatic N) is 4. The van der Waals surface area contributed by atoms with Crippen LogP contribution in [0.15, 0.2) is 36.7 Å². The molecule has 142 valence electrons. The average Bonchev–Trinajstić information content (AvgIpc) is 3.12. The van der Waals surface area contributed by atoms with E-state index in [0.717, 1.165) is 38.3 Å².